The number of rotatable bonds is 5. The number of aromatic nitrogens is 3. The largest absolute Gasteiger partial charge is 0.366 e. The van der Waals surface area contributed by atoms with Crippen LogP contribution in [0.4, 0.5) is 23.5 Å². The lowest BCUT2D eigenvalue weighted by atomic mass is 10.1. The monoisotopic (exact) mass is 381 g/mol. The van der Waals surface area contributed by atoms with Gasteiger partial charge in [0.25, 0.3) is 0 Å². The van der Waals surface area contributed by atoms with Crippen molar-refractivity contribution in [2.45, 2.75) is 38.5 Å². The fraction of sp³-hybridized carbons (Fsp3) is 0.500. The topological polar surface area (TPSA) is 100 Å². The molecule has 0 bridgehead atoms. The molecule has 0 saturated carbocycles. The molecule has 0 atom stereocenters. The number of carbonyl (C=O) groups is 1. The van der Waals surface area contributed by atoms with Crippen molar-refractivity contribution in [3.8, 4) is 0 Å². The zero-order chi connectivity index (χ0) is 19.3. The molecule has 2 saturated heterocycles. The van der Waals surface area contributed by atoms with E-state index in [1.165, 1.54) is 12.8 Å². The average molecular weight is 381 g/mol. The lowest BCUT2D eigenvalue weighted by molar-refractivity contribution is 0.100. The van der Waals surface area contributed by atoms with Crippen molar-refractivity contribution in [1.29, 1.82) is 0 Å². The first kappa shape index (κ1) is 18.5. The molecule has 0 aliphatic carbocycles. The van der Waals surface area contributed by atoms with Gasteiger partial charge in [0.1, 0.15) is 0 Å². The predicted octanol–water partition coefficient (Wildman–Crippen LogP) is 2.69. The van der Waals surface area contributed by atoms with Crippen LogP contribution in [0.25, 0.3) is 0 Å². The standard InChI is InChI=1S/C20H27N7O/c21-17(28)15-8-7-9-16(14-15)22-18-23-19(26-10-3-1-4-11-26)25-20(24-18)27-12-5-2-6-13-27/h7-9,14H,1-6,10-13H2,(H2,21,28)(H,22,23,24,25). The second kappa shape index (κ2) is 8.41. The second-order valence-electron chi connectivity index (χ2n) is 7.42. The molecule has 28 heavy (non-hydrogen) atoms. The first-order valence-corrected chi connectivity index (χ1v) is 10.1. The van der Waals surface area contributed by atoms with Crippen molar-refractivity contribution in [1.82, 2.24) is 15.0 Å². The van der Waals surface area contributed by atoms with Gasteiger partial charge >= 0.3 is 0 Å². The Morgan fingerprint density at radius 2 is 1.43 bits per heavy atom. The van der Waals surface area contributed by atoms with Gasteiger partial charge in [0, 0.05) is 37.4 Å². The van der Waals surface area contributed by atoms with Crippen LogP contribution in [0.3, 0.4) is 0 Å². The third-order valence-corrected chi connectivity index (χ3v) is 5.29. The molecule has 0 radical (unpaired) electrons. The number of carbonyl (C=O) groups excluding carboxylic acids is 1. The number of nitrogens with zero attached hydrogens (tertiary/aromatic N) is 5. The Balaban J connectivity index is 1.64. The molecule has 0 unspecified atom stereocenters. The maximum Gasteiger partial charge on any atom is 0.248 e. The number of piperidine rings is 2. The molecule has 1 aromatic carbocycles. The number of primary amides is 1. The number of nitrogens with two attached hydrogens (primary N) is 1. The van der Waals surface area contributed by atoms with Gasteiger partial charge in [0.2, 0.25) is 23.8 Å². The molecule has 2 aliphatic rings. The highest BCUT2D eigenvalue weighted by Crippen LogP contribution is 2.24. The number of amides is 1. The van der Waals surface area contributed by atoms with E-state index in [1.54, 1.807) is 18.2 Å². The minimum atomic E-state index is -0.456. The lowest BCUT2D eigenvalue weighted by Crippen LogP contribution is -2.34. The Labute approximate surface area is 165 Å². The molecule has 3 heterocycles. The molecule has 2 aromatic rings. The summed E-state index contributed by atoms with van der Waals surface area (Å²) in [5, 5.41) is 3.23. The van der Waals surface area contributed by atoms with Crippen molar-refractivity contribution in [3.63, 3.8) is 0 Å². The highest BCUT2D eigenvalue weighted by molar-refractivity contribution is 5.93. The summed E-state index contributed by atoms with van der Waals surface area (Å²) in [4.78, 5) is 30.1. The van der Waals surface area contributed by atoms with Crippen LogP contribution in [0.1, 0.15) is 48.9 Å². The van der Waals surface area contributed by atoms with Crippen molar-refractivity contribution in [2.75, 3.05) is 41.3 Å². The van der Waals surface area contributed by atoms with Gasteiger partial charge in [-0.05, 0) is 56.7 Å². The van der Waals surface area contributed by atoms with Crippen LogP contribution in [0, 0.1) is 0 Å². The van der Waals surface area contributed by atoms with Crippen LogP contribution in [0.2, 0.25) is 0 Å². The summed E-state index contributed by atoms with van der Waals surface area (Å²) in [6.07, 6.45) is 7.15. The fourth-order valence-corrected chi connectivity index (χ4v) is 3.76. The molecule has 148 valence electrons. The predicted molar refractivity (Wildman–Crippen MR) is 110 cm³/mol. The summed E-state index contributed by atoms with van der Waals surface area (Å²) in [7, 11) is 0. The van der Waals surface area contributed by atoms with E-state index < -0.39 is 5.91 Å². The summed E-state index contributed by atoms with van der Waals surface area (Å²) in [6, 6.07) is 7.07. The van der Waals surface area contributed by atoms with Crippen LogP contribution in [0.15, 0.2) is 24.3 Å². The quantitative estimate of drug-likeness (QED) is 0.821. The van der Waals surface area contributed by atoms with Gasteiger partial charge in [0.15, 0.2) is 0 Å². The van der Waals surface area contributed by atoms with Gasteiger partial charge in [-0.25, -0.2) is 0 Å². The van der Waals surface area contributed by atoms with E-state index in [1.807, 2.05) is 6.07 Å². The SMILES string of the molecule is NC(=O)c1cccc(Nc2nc(N3CCCCC3)nc(N3CCCCC3)n2)c1. The van der Waals surface area contributed by atoms with Crippen molar-refractivity contribution in [2.24, 2.45) is 5.73 Å². The van der Waals surface area contributed by atoms with E-state index in [0.29, 0.717) is 11.5 Å². The molecule has 3 N–H and O–H groups in total. The summed E-state index contributed by atoms with van der Waals surface area (Å²) in [5.41, 5.74) is 6.58. The molecular formula is C20H27N7O. The normalized spacial score (nSPS) is 17.4. The van der Waals surface area contributed by atoms with Gasteiger partial charge in [-0.15, -0.1) is 0 Å². The van der Waals surface area contributed by atoms with E-state index in [2.05, 4.69) is 25.1 Å². The molecule has 8 heteroatoms. The number of anilines is 4. The highest BCUT2D eigenvalue weighted by atomic mass is 16.1. The first-order chi connectivity index (χ1) is 13.7. The number of nitrogens with one attached hydrogen (secondary N) is 1. The Kier molecular flexibility index (Phi) is 5.55. The molecule has 2 aliphatic heterocycles. The molecule has 2 fully saturated rings. The number of hydrogen-bond acceptors (Lipinski definition) is 7. The van der Waals surface area contributed by atoms with Crippen LogP contribution < -0.4 is 20.9 Å². The molecule has 1 aromatic heterocycles. The van der Waals surface area contributed by atoms with Crippen molar-refractivity contribution >= 4 is 29.4 Å². The number of hydrogen-bond donors (Lipinski definition) is 2. The van der Waals surface area contributed by atoms with Crippen molar-refractivity contribution < 1.29 is 4.79 Å². The van der Waals surface area contributed by atoms with E-state index in [0.717, 1.165) is 69.4 Å². The van der Waals surface area contributed by atoms with E-state index >= 15 is 0 Å². The average Bonchev–Trinajstić information content (AvgIpc) is 2.75. The third-order valence-electron chi connectivity index (χ3n) is 5.29. The number of benzene rings is 1. The van der Waals surface area contributed by atoms with Gasteiger partial charge in [-0.3, -0.25) is 4.79 Å². The minimum Gasteiger partial charge on any atom is -0.366 e. The zero-order valence-corrected chi connectivity index (χ0v) is 16.1. The van der Waals surface area contributed by atoms with E-state index in [9.17, 15) is 4.79 Å². The molecule has 0 spiro atoms. The maximum absolute atomic E-state index is 11.5. The first-order valence-electron chi connectivity index (χ1n) is 10.1. The Morgan fingerprint density at radius 3 is 1.96 bits per heavy atom. The summed E-state index contributed by atoms with van der Waals surface area (Å²) in [5.74, 6) is 1.49. The van der Waals surface area contributed by atoms with Gasteiger partial charge < -0.3 is 20.9 Å². The Bertz CT molecular complexity index is 793. The summed E-state index contributed by atoms with van der Waals surface area (Å²) >= 11 is 0. The van der Waals surface area contributed by atoms with Crippen LogP contribution in [-0.2, 0) is 0 Å². The van der Waals surface area contributed by atoms with Crippen molar-refractivity contribution in [3.05, 3.63) is 29.8 Å². The maximum atomic E-state index is 11.5. The van der Waals surface area contributed by atoms with Gasteiger partial charge in [0.05, 0.1) is 0 Å². The zero-order valence-electron chi connectivity index (χ0n) is 16.1. The summed E-state index contributed by atoms with van der Waals surface area (Å²) < 4.78 is 0. The molecule has 1 amide bonds. The minimum absolute atomic E-state index is 0.451. The van der Waals surface area contributed by atoms with Gasteiger partial charge in [-0.1, -0.05) is 6.07 Å². The molecule has 8 nitrogen and oxygen atoms in total. The Morgan fingerprint density at radius 1 is 0.857 bits per heavy atom. The fourth-order valence-electron chi connectivity index (χ4n) is 3.76. The highest BCUT2D eigenvalue weighted by Gasteiger charge is 2.20. The third kappa shape index (κ3) is 4.32. The molecule has 4 rings (SSSR count). The molecular weight excluding hydrogens is 354 g/mol. The smallest absolute Gasteiger partial charge is 0.248 e. The lowest BCUT2D eigenvalue weighted by Gasteiger charge is -2.30. The summed E-state index contributed by atoms with van der Waals surface area (Å²) in [6.45, 7) is 3.89. The Hall–Kier alpha value is -2.90. The van der Waals surface area contributed by atoms with Crippen LogP contribution >= 0.6 is 0 Å². The second-order valence-corrected chi connectivity index (χ2v) is 7.42. The van der Waals surface area contributed by atoms with Gasteiger partial charge in [-0.2, -0.15) is 15.0 Å². The van der Waals surface area contributed by atoms with E-state index in [-0.39, 0.29) is 0 Å². The van der Waals surface area contributed by atoms with Crippen LogP contribution in [-0.4, -0.2) is 47.0 Å². The van der Waals surface area contributed by atoms with E-state index in [4.69, 9.17) is 10.7 Å². The van der Waals surface area contributed by atoms with Crippen LogP contribution in [0.5, 0.6) is 0 Å².